The standard InChI is InChI=1S/C14H29NO3S/c16-19(17,18)14-10-5-3-1-2-4-7-11-15-12-8-6-9-13-15/h1-14H2,(H,16,17,18). The van der Waals surface area contributed by atoms with Gasteiger partial charge in [0, 0.05) is 0 Å². The first-order valence-electron chi connectivity index (χ1n) is 7.75. The highest BCUT2D eigenvalue weighted by molar-refractivity contribution is 7.85. The molecule has 19 heavy (non-hydrogen) atoms. The number of nitrogens with zero attached hydrogens (tertiary/aromatic N) is 1. The van der Waals surface area contributed by atoms with Crippen LogP contribution in [0.25, 0.3) is 0 Å². The quantitative estimate of drug-likeness (QED) is 0.496. The Morgan fingerprint density at radius 2 is 1.32 bits per heavy atom. The normalized spacial score (nSPS) is 17.7. The van der Waals surface area contributed by atoms with Crippen molar-refractivity contribution in [3.63, 3.8) is 0 Å². The SMILES string of the molecule is O=S(=O)(O)CCCCCCCCCN1CCCCC1. The molecule has 0 aromatic heterocycles. The Balaban J connectivity index is 1.81. The zero-order valence-electron chi connectivity index (χ0n) is 12.0. The molecule has 1 saturated heterocycles. The van der Waals surface area contributed by atoms with Gasteiger partial charge in [0.1, 0.15) is 0 Å². The third kappa shape index (κ3) is 10.3. The highest BCUT2D eigenvalue weighted by atomic mass is 32.2. The van der Waals surface area contributed by atoms with Gasteiger partial charge in [-0.25, -0.2) is 0 Å². The summed E-state index contributed by atoms with van der Waals surface area (Å²) in [6.07, 6.45) is 11.7. The summed E-state index contributed by atoms with van der Waals surface area (Å²) in [5.41, 5.74) is 0. The molecule has 0 saturated carbocycles. The van der Waals surface area contributed by atoms with E-state index in [9.17, 15) is 8.42 Å². The molecule has 114 valence electrons. The van der Waals surface area contributed by atoms with Crippen molar-refractivity contribution < 1.29 is 13.0 Å². The molecule has 0 bridgehead atoms. The average Bonchev–Trinajstić information content (AvgIpc) is 2.37. The van der Waals surface area contributed by atoms with E-state index in [0.29, 0.717) is 6.42 Å². The molecule has 0 aliphatic carbocycles. The minimum Gasteiger partial charge on any atom is -0.303 e. The molecule has 1 fully saturated rings. The molecule has 0 spiro atoms. The first-order valence-corrected chi connectivity index (χ1v) is 9.36. The van der Waals surface area contributed by atoms with Gasteiger partial charge in [0.2, 0.25) is 0 Å². The molecule has 0 amide bonds. The van der Waals surface area contributed by atoms with E-state index in [1.165, 1.54) is 64.6 Å². The van der Waals surface area contributed by atoms with Crippen LogP contribution in [-0.4, -0.2) is 43.3 Å². The lowest BCUT2D eigenvalue weighted by atomic mass is 10.1. The lowest BCUT2D eigenvalue weighted by molar-refractivity contribution is 0.224. The van der Waals surface area contributed by atoms with Gasteiger partial charge in [-0.15, -0.1) is 0 Å². The second-order valence-electron chi connectivity index (χ2n) is 5.66. The van der Waals surface area contributed by atoms with Gasteiger partial charge < -0.3 is 4.90 Å². The fraction of sp³-hybridized carbons (Fsp3) is 1.00. The largest absolute Gasteiger partial charge is 0.303 e. The van der Waals surface area contributed by atoms with Crippen molar-refractivity contribution >= 4 is 10.1 Å². The summed E-state index contributed by atoms with van der Waals surface area (Å²) in [5.74, 6) is -0.0814. The maximum Gasteiger partial charge on any atom is 0.264 e. The van der Waals surface area contributed by atoms with Crippen LogP contribution in [0.2, 0.25) is 0 Å². The van der Waals surface area contributed by atoms with Crippen LogP contribution in [0, 0.1) is 0 Å². The van der Waals surface area contributed by atoms with Crippen molar-refractivity contribution in [2.75, 3.05) is 25.4 Å². The highest BCUT2D eigenvalue weighted by Gasteiger charge is 2.08. The van der Waals surface area contributed by atoms with Gasteiger partial charge in [0.15, 0.2) is 0 Å². The maximum atomic E-state index is 10.5. The second-order valence-corrected chi connectivity index (χ2v) is 7.24. The molecule has 0 radical (unpaired) electrons. The molecule has 5 heteroatoms. The number of hydrogen-bond donors (Lipinski definition) is 1. The van der Waals surface area contributed by atoms with Gasteiger partial charge in [0.25, 0.3) is 10.1 Å². The van der Waals surface area contributed by atoms with Crippen molar-refractivity contribution in [3.8, 4) is 0 Å². The summed E-state index contributed by atoms with van der Waals surface area (Å²) in [6, 6.07) is 0. The Morgan fingerprint density at radius 3 is 1.89 bits per heavy atom. The number of unbranched alkanes of at least 4 members (excludes halogenated alkanes) is 6. The summed E-state index contributed by atoms with van der Waals surface area (Å²) < 4.78 is 29.6. The first-order chi connectivity index (χ1) is 9.08. The van der Waals surface area contributed by atoms with Crippen molar-refractivity contribution in [1.82, 2.24) is 4.90 Å². The van der Waals surface area contributed by atoms with E-state index in [1.807, 2.05) is 0 Å². The molecule has 0 aromatic rings. The van der Waals surface area contributed by atoms with Crippen molar-refractivity contribution in [1.29, 1.82) is 0 Å². The third-order valence-corrected chi connectivity index (χ3v) is 4.63. The topological polar surface area (TPSA) is 57.6 Å². The Labute approximate surface area is 118 Å². The number of piperidine rings is 1. The summed E-state index contributed by atoms with van der Waals surface area (Å²) in [7, 11) is -3.74. The van der Waals surface area contributed by atoms with E-state index in [0.717, 1.165) is 12.8 Å². The molecular weight excluding hydrogens is 262 g/mol. The van der Waals surface area contributed by atoms with E-state index >= 15 is 0 Å². The number of likely N-dealkylation sites (tertiary alicyclic amines) is 1. The van der Waals surface area contributed by atoms with Gasteiger partial charge in [-0.1, -0.05) is 38.5 Å². The molecule has 1 N–H and O–H groups in total. The van der Waals surface area contributed by atoms with E-state index in [4.69, 9.17) is 4.55 Å². The number of hydrogen-bond acceptors (Lipinski definition) is 3. The molecule has 1 aliphatic heterocycles. The molecular formula is C14H29NO3S. The lowest BCUT2D eigenvalue weighted by Gasteiger charge is -2.26. The highest BCUT2D eigenvalue weighted by Crippen LogP contribution is 2.12. The van der Waals surface area contributed by atoms with Crippen molar-refractivity contribution in [2.45, 2.75) is 64.2 Å². The molecule has 1 rings (SSSR count). The van der Waals surface area contributed by atoms with Gasteiger partial charge in [-0.05, 0) is 45.3 Å². The van der Waals surface area contributed by atoms with Crippen LogP contribution in [0.15, 0.2) is 0 Å². The third-order valence-electron chi connectivity index (χ3n) is 3.83. The second kappa shape index (κ2) is 9.72. The summed E-state index contributed by atoms with van der Waals surface area (Å²) in [6.45, 7) is 3.83. The smallest absolute Gasteiger partial charge is 0.264 e. The molecule has 1 heterocycles. The van der Waals surface area contributed by atoms with Gasteiger partial charge in [0.05, 0.1) is 5.75 Å². The van der Waals surface area contributed by atoms with Crippen LogP contribution in [0.3, 0.4) is 0 Å². The van der Waals surface area contributed by atoms with E-state index in [2.05, 4.69) is 4.90 Å². The average molecular weight is 291 g/mol. The van der Waals surface area contributed by atoms with Gasteiger partial charge in [-0.2, -0.15) is 8.42 Å². The lowest BCUT2D eigenvalue weighted by Crippen LogP contribution is -2.30. The van der Waals surface area contributed by atoms with Crippen LogP contribution in [0.5, 0.6) is 0 Å². The monoisotopic (exact) mass is 291 g/mol. The van der Waals surface area contributed by atoms with Crippen LogP contribution in [-0.2, 0) is 10.1 Å². The van der Waals surface area contributed by atoms with E-state index in [1.54, 1.807) is 0 Å². The molecule has 4 nitrogen and oxygen atoms in total. The van der Waals surface area contributed by atoms with Crippen LogP contribution in [0.1, 0.15) is 64.2 Å². The number of rotatable bonds is 10. The molecule has 0 atom stereocenters. The predicted octanol–water partition coefficient (Wildman–Crippen LogP) is 3.09. The van der Waals surface area contributed by atoms with Gasteiger partial charge >= 0.3 is 0 Å². The maximum absolute atomic E-state index is 10.5. The fourth-order valence-corrected chi connectivity index (χ4v) is 3.26. The zero-order chi connectivity index (χ0) is 14.0. The van der Waals surface area contributed by atoms with Crippen molar-refractivity contribution in [2.24, 2.45) is 0 Å². The Kier molecular flexibility index (Phi) is 8.66. The minimum atomic E-state index is -3.74. The fourth-order valence-electron chi connectivity index (χ4n) is 2.69. The summed E-state index contributed by atoms with van der Waals surface area (Å²) in [5, 5.41) is 0. The Hall–Kier alpha value is -0.130. The molecule has 1 aliphatic rings. The van der Waals surface area contributed by atoms with E-state index in [-0.39, 0.29) is 5.75 Å². The molecule has 0 aromatic carbocycles. The van der Waals surface area contributed by atoms with Crippen LogP contribution in [0.4, 0.5) is 0 Å². The zero-order valence-corrected chi connectivity index (χ0v) is 12.8. The first kappa shape index (κ1) is 16.9. The van der Waals surface area contributed by atoms with Crippen LogP contribution >= 0.6 is 0 Å². The van der Waals surface area contributed by atoms with E-state index < -0.39 is 10.1 Å². The summed E-state index contributed by atoms with van der Waals surface area (Å²) >= 11 is 0. The Bertz CT molecular complexity index is 311. The Morgan fingerprint density at radius 1 is 0.789 bits per heavy atom. The van der Waals surface area contributed by atoms with Gasteiger partial charge in [-0.3, -0.25) is 4.55 Å². The van der Waals surface area contributed by atoms with Crippen molar-refractivity contribution in [3.05, 3.63) is 0 Å². The van der Waals surface area contributed by atoms with Crippen LogP contribution < -0.4 is 0 Å². The predicted molar refractivity (Wildman–Crippen MR) is 79.0 cm³/mol. The minimum absolute atomic E-state index is 0.0814. The summed E-state index contributed by atoms with van der Waals surface area (Å²) in [4.78, 5) is 2.58. The molecule has 0 unspecified atom stereocenters.